The van der Waals surface area contributed by atoms with Gasteiger partial charge in [-0.2, -0.15) is 0 Å². The van der Waals surface area contributed by atoms with Crippen molar-refractivity contribution in [3.63, 3.8) is 0 Å². The minimum Gasteiger partial charge on any atom is -0.303 e. The Hall–Kier alpha value is -0.340. The highest BCUT2D eigenvalue weighted by atomic mass is 32.1. The van der Waals surface area contributed by atoms with Gasteiger partial charge in [-0.3, -0.25) is 0 Å². The summed E-state index contributed by atoms with van der Waals surface area (Å²) in [6.07, 6.45) is 15.2. The Labute approximate surface area is 143 Å². The van der Waals surface area contributed by atoms with E-state index in [-0.39, 0.29) is 0 Å². The maximum absolute atomic E-state index is 2.72. The molecule has 0 saturated heterocycles. The van der Waals surface area contributed by atoms with Crippen LogP contribution in [0, 0.1) is 0 Å². The first-order chi connectivity index (χ1) is 10.9. The largest absolute Gasteiger partial charge is 0.303 e. The standard InChI is InChI=1S/C20H37NS/c1-3-5-7-9-11-16-21(17-12-10-8-6-4-2)18-15-20-14-13-19-22-20/h13-14,19H,3-12,15-18H2,1-2H3. The van der Waals surface area contributed by atoms with Gasteiger partial charge in [0.2, 0.25) is 0 Å². The number of unbranched alkanes of at least 4 members (excludes halogenated alkanes) is 8. The van der Waals surface area contributed by atoms with Gasteiger partial charge in [-0.25, -0.2) is 0 Å². The number of hydrogen-bond acceptors (Lipinski definition) is 2. The number of nitrogens with zero attached hydrogens (tertiary/aromatic N) is 1. The van der Waals surface area contributed by atoms with Crippen molar-refractivity contribution in [1.82, 2.24) is 4.90 Å². The molecule has 0 bridgehead atoms. The van der Waals surface area contributed by atoms with Crippen LogP contribution in [-0.4, -0.2) is 24.5 Å². The summed E-state index contributed by atoms with van der Waals surface area (Å²) >= 11 is 1.91. The summed E-state index contributed by atoms with van der Waals surface area (Å²) in [4.78, 5) is 4.26. The van der Waals surface area contributed by atoms with E-state index < -0.39 is 0 Å². The van der Waals surface area contributed by atoms with Crippen LogP contribution in [0.5, 0.6) is 0 Å². The Bertz CT molecular complexity index is 306. The molecule has 0 atom stereocenters. The van der Waals surface area contributed by atoms with Crippen LogP contribution in [0.3, 0.4) is 0 Å². The van der Waals surface area contributed by atoms with Gasteiger partial charge in [0.15, 0.2) is 0 Å². The number of rotatable bonds is 15. The molecule has 0 spiro atoms. The van der Waals surface area contributed by atoms with Gasteiger partial charge >= 0.3 is 0 Å². The van der Waals surface area contributed by atoms with Crippen LogP contribution < -0.4 is 0 Å². The third kappa shape index (κ3) is 10.4. The van der Waals surface area contributed by atoms with Crippen molar-refractivity contribution >= 4 is 11.3 Å². The van der Waals surface area contributed by atoms with Crippen LogP contribution in [0.2, 0.25) is 0 Å². The van der Waals surface area contributed by atoms with Crippen LogP contribution in [0.1, 0.15) is 82.9 Å². The fourth-order valence-corrected chi connectivity index (χ4v) is 3.63. The first-order valence-corrected chi connectivity index (χ1v) is 10.5. The second-order valence-corrected chi connectivity index (χ2v) is 7.53. The summed E-state index contributed by atoms with van der Waals surface area (Å²) in [7, 11) is 0. The fraction of sp³-hybridized carbons (Fsp3) is 0.800. The maximum atomic E-state index is 2.72. The van der Waals surface area contributed by atoms with Gasteiger partial charge in [-0.05, 0) is 43.8 Å². The van der Waals surface area contributed by atoms with E-state index in [2.05, 4.69) is 36.3 Å². The van der Waals surface area contributed by atoms with Crippen molar-refractivity contribution < 1.29 is 0 Å². The highest BCUT2D eigenvalue weighted by molar-refractivity contribution is 7.09. The van der Waals surface area contributed by atoms with E-state index in [1.54, 1.807) is 4.88 Å². The van der Waals surface area contributed by atoms with Crippen LogP contribution in [0.25, 0.3) is 0 Å². The van der Waals surface area contributed by atoms with Gasteiger partial charge in [0.1, 0.15) is 0 Å². The Balaban J connectivity index is 2.19. The minimum atomic E-state index is 1.24. The summed E-state index contributed by atoms with van der Waals surface area (Å²) in [5.41, 5.74) is 0. The maximum Gasteiger partial charge on any atom is 0.00579 e. The summed E-state index contributed by atoms with van der Waals surface area (Å²) < 4.78 is 0. The van der Waals surface area contributed by atoms with Gasteiger partial charge < -0.3 is 4.90 Å². The van der Waals surface area contributed by atoms with Crippen LogP contribution in [0.4, 0.5) is 0 Å². The summed E-state index contributed by atoms with van der Waals surface area (Å²) in [6.45, 7) is 8.46. The molecule has 22 heavy (non-hydrogen) atoms. The Morgan fingerprint density at radius 2 is 1.36 bits per heavy atom. The fourth-order valence-electron chi connectivity index (χ4n) is 2.94. The summed E-state index contributed by atoms with van der Waals surface area (Å²) in [6, 6.07) is 4.46. The molecule has 0 unspecified atom stereocenters. The van der Waals surface area contributed by atoms with E-state index in [4.69, 9.17) is 0 Å². The molecule has 0 N–H and O–H groups in total. The van der Waals surface area contributed by atoms with Gasteiger partial charge in [0.05, 0.1) is 0 Å². The molecule has 1 aromatic heterocycles. The molecular weight excluding hydrogens is 286 g/mol. The second-order valence-electron chi connectivity index (χ2n) is 6.50. The molecule has 0 aliphatic heterocycles. The van der Waals surface area contributed by atoms with Crippen molar-refractivity contribution in [3.05, 3.63) is 22.4 Å². The normalized spacial score (nSPS) is 11.4. The monoisotopic (exact) mass is 323 g/mol. The molecule has 128 valence electrons. The molecular formula is C20H37NS. The van der Waals surface area contributed by atoms with Gasteiger partial charge in [-0.15, -0.1) is 11.3 Å². The van der Waals surface area contributed by atoms with Gasteiger partial charge in [0, 0.05) is 11.4 Å². The zero-order valence-corrected chi connectivity index (χ0v) is 15.8. The lowest BCUT2D eigenvalue weighted by Crippen LogP contribution is -2.28. The molecule has 1 heterocycles. The van der Waals surface area contributed by atoms with Crippen molar-refractivity contribution in [3.8, 4) is 0 Å². The molecule has 1 nitrogen and oxygen atoms in total. The van der Waals surface area contributed by atoms with Gasteiger partial charge in [0.25, 0.3) is 0 Å². The predicted octanol–water partition coefficient (Wildman–Crippen LogP) is 6.53. The molecule has 0 fully saturated rings. The van der Waals surface area contributed by atoms with E-state index >= 15 is 0 Å². The number of hydrogen-bond donors (Lipinski definition) is 0. The molecule has 0 aliphatic carbocycles. The van der Waals surface area contributed by atoms with Crippen molar-refractivity contribution in [1.29, 1.82) is 0 Å². The molecule has 0 saturated carbocycles. The van der Waals surface area contributed by atoms with E-state index in [1.165, 1.54) is 90.3 Å². The van der Waals surface area contributed by atoms with Crippen LogP contribution in [-0.2, 0) is 6.42 Å². The first kappa shape index (κ1) is 19.7. The van der Waals surface area contributed by atoms with E-state index in [0.717, 1.165) is 0 Å². The van der Waals surface area contributed by atoms with E-state index in [9.17, 15) is 0 Å². The zero-order valence-electron chi connectivity index (χ0n) is 15.0. The van der Waals surface area contributed by atoms with Crippen molar-refractivity contribution in [2.24, 2.45) is 0 Å². The molecule has 0 aromatic carbocycles. The zero-order chi connectivity index (χ0) is 15.9. The lowest BCUT2D eigenvalue weighted by atomic mass is 10.1. The highest BCUT2D eigenvalue weighted by Gasteiger charge is 2.05. The van der Waals surface area contributed by atoms with Crippen LogP contribution >= 0.6 is 11.3 Å². The van der Waals surface area contributed by atoms with E-state index in [0.29, 0.717) is 0 Å². The second kappa shape index (κ2) is 14.3. The SMILES string of the molecule is CCCCCCCN(CCCCCCC)CCc1cccs1. The smallest absolute Gasteiger partial charge is 0.00579 e. The van der Waals surface area contributed by atoms with Crippen LogP contribution in [0.15, 0.2) is 17.5 Å². The predicted molar refractivity (Wildman–Crippen MR) is 102 cm³/mol. The Morgan fingerprint density at radius 3 is 1.86 bits per heavy atom. The average molecular weight is 324 g/mol. The summed E-state index contributed by atoms with van der Waals surface area (Å²) in [5.74, 6) is 0. The quantitative estimate of drug-likeness (QED) is 0.331. The van der Waals surface area contributed by atoms with Gasteiger partial charge in [-0.1, -0.05) is 71.3 Å². The Kier molecular flexibility index (Phi) is 12.8. The molecule has 1 aromatic rings. The molecule has 0 radical (unpaired) electrons. The third-order valence-corrected chi connectivity index (χ3v) is 5.35. The van der Waals surface area contributed by atoms with E-state index in [1.807, 2.05) is 11.3 Å². The lowest BCUT2D eigenvalue weighted by molar-refractivity contribution is 0.264. The van der Waals surface area contributed by atoms with Crippen molar-refractivity contribution in [2.45, 2.75) is 84.5 Å². The van der Waals surface area contributed by atoms with Crippen molar-refractivity contribution in [2.75, 3.05) is 19.6 Å². The number of thiophene rings is 1. The molecule has 1 rings (SSSR count). The highest BCUT2D eigenvalue weighted by Crippen LogP contribution is 2.12. The first-order valence-electron chi connectivity index (χ1n) is 9.61. The third-order valence-electron chi connectivity index (χ3n) is 4.41. The minimum absolute atomic E-state index is 1.24. The summed E-state index contributed by atoms with van der Waals surface area (Å²) in [5, 5.41) is 2.20. The molecule has 0 amide bonds. The average Bonchev–Trinajstić information content (AvgIpc) is 3.04. The molecule has 0 aliphatic rings. The lowest BCUT2D eigenvalue weighted by Gasteiger charge is -2.22. The Morgan fingerprint density at radius 1 is 0.773 bits per heavy atom. The molecule has 2 heteroatoms. The topological polar surface area (TPSA) is 3.24 Å².